The molecule has 21 heavy (non-hydrogen) atoms. The Labute approximate surface area is 136 Å². The van der Waals surface area contributed by atoms with E-state index < -0.39 is 22.7 Å². The summed E-state index contributed by atoms with van der Waals surface area (Å²) in [7, 11) is 0. The first-order valence-electron chi connectivity index (χ1n) is 7.01. The van der Waals surface area contributed by atoms with E-state index in [1.165, 1.54) is 0 Å². The molecule has 124 valence electrons. The molecule has 0 aliphatic rings. The van der Waals surface area contributed by atoms with Crippen molar-refractivity contribution in [1.82, 2.24) is 10.6 Å². The van der Waals surface area contributed by atoms with E-state index in [1.807, 2.05) is 0 Å². The maximum Gasteiger partial charge on any atom is 0.232 e. The van der Waals surface area contributed by atoms with Gasteiger partial charge >= 0.3 is 0 Å². The van der Waals surface area contributed by atoms with E-state index in [1.54, 1.807) is 13.8 Å². The Morgan fingerprint density at radius 2 is 1.24 bits per heavy atom. The van der Waals surface area contributed by atoms with Gasteiger partial charge in [0, 0.05) is 13.1 Å². The van der Waals surface area contributed by atoms with Gasteiger partial charge in [-0.1, -0.05) is 6.42 Å². The van der Waals surface area contributed by atoms with Crippen molar-refractivity contribution < 1.29 is 19.8 Å². The Morgan fingerprint density at radius 1 is 0.905 bits per heavy atom. The first kappa shape index (κ1) is 20.6. The summed E-state index contributed by atoms with van der Waals surface area (Å²) in [4.78, 5) is 23.2. The monoisotopic (exact) mass is 338 g/mol. The minimum Gasteiger partial charge on any atom is -0.392 e. The third kappa shape index (κ3) is 10.9. The van der Waals surface area contributed by atoms with Crippen LogP contribution in [0.1, 0.15) is 33.1 Å². The smallest absolute Gasteiger partial charge is 0.232 e. The number of hydrogen-bond donors (Lipinski definition) is 6. The number of aliphatic hydroxyl groups excluding tert-OH is 2. The predicted molar refractivity (Wildman–Crippen MR) is 88.8 cm³/mol. The molecule has 6 nitrogen and oxygen atoms in total. The SMILES string of the molecule is CC(O)CNC(=O)C(S)CCCC(S)C(=O)NCC(C)O. The number of hydrogen-bond acceptors (Lipinski definition) is 6. The van der Waals surface area contributed by atoms with Gasteiger partial charge in [0.2, 0.25) is 11.8 Å². The fourth-order valence-corrected chi connectivity index (χ4v) is 2.05. The fraction of sp³-hybridized carbons (Fsp3) is 0.846. The van der Waals surface area contributed by atoms with Crippen molar-refractivity contribution in [3.8, 4) is 0 Å². The molecule has 0 aliphatic carbocycles. The van der Waals surface area contributed by atoms with Gasteiger partial charge in [-0.05, 0) is 26.7 Å². The van der Waals surface area contributed by atoms with E-state index in [0.29, 0.717) is 19.3 Å². The van der Waals surface area contributed by atoms with Crippen molar-refractivity contribution in [2.24, 2.45) is 0 Å². The molecule has 4 unspecified atom stereocenters. The molecule has 2 amide bonds. The molecule has 0 saturated heterocycles. The van der Waals surface area contributed by atoms with Crippen molar-refractivity contribution in [3.63, 3.8) is 0 Å². The molecule has 0 aromatic rings. The van der Waals surface area contributed by atoms with E-state index >= 15 is 0 Å². The summed E-state index contributed by atoms with van der Waals surface area (Å²) in [5, 5.41) is 22.4. The van der Waals surface area contributed by atoms with Gasteiger partial charge in [-0.25, -0.2) is 0 Å². The van der Waals surface area contributed by atoms with Gasteiger partial charge < -0.3 is 20.8 Å². The van der Waals surface area contributed by atoms with Crippen molar-refractivity contribution >= 4 is 37.1 Å². The summed E-state index contributed by atoms with van der Waals surface area (Å²) in [5.74, 6) is -0.456. The molecule has 0 aromatic carbocycles. The van der Waals surface area contributed by atoms with Crippen LogP contribution >= 0.6 is 25.3 Å². The van der Waals surface area contributed by atoms with Crippen molar-refractivity contribution in [2.75, 3.05) is 13.1 Å². The largest absolute Gasteiger partial charge is 0.392 e. The number of aliphatic hydroxyl groups is 2. The average Bonchev–Trinajstić information content (AvgIpc) is 2.41. The molecule has 4 atom stereocenters. The van der Waals surface area contributed by atoms with Gasteiger partial charge in [-0.15, -0.1) is 0 Å². The maximum absolute atomic E-state index is 11.6. The third-order valence-corrected chi connectivity index (χ3v) is 3.69. The lowest BCUT2D eigenvalue weighted by Crippen LogP contribution is -2.37. The van der Waals surface area contributed by atoms with Crippen LogP contribution in [0.25, 0.3) is 0 Å². The summed E-state index contributed by atoms with van der Waals surface area (Å²) in [6.45, 7) is 3.58. The Bertz CT molecular complexity index is 297. The average molecular weight is 338 g/mol. The van der Waals surface area contributed by atoms with Crippen LogP contribution in [0.3, 0.4) is 0 Å². The molecule has 4 N–H and O–H groups in total. The number of carbonyl (C=O) groups is 2. The fourth-order valence-electron chi connectivity index (χ4n) is 1.50. The van der Waals surface area contributed by atoms with E-state index in [0.717, 1.165) is 0 Å². The van der Waals surface area contributed by atoms with E-state index in [4.69, 9.17) is 10.2 Å². The van der Waals surface area contributed by atoms with Gasteiger partial charge in [-0.2, -0.15) is 25.3 Å². The lowest BCUT2D eigenvalue weighted by molar-refractivity contribution is -0.121. The highest BCUT2D eigenvalue weighted by atomic mass is 32.1. The molecule has 0 radical (unpaired) electrons. The lowest BCUT2D eigenvalue weighted by Gasteiger charge is -2.15. The van der Waals surface area contributed by atoms with Gasteiger partial charge in [0.1, 0.15) is 0 Å². The topological polar surface area (TPSA) is 98.7 Å². The normalized spacial score (nSPS) is 16.7. The number of amides is 2. The quantitative estimate of drug-likeness (QED) is 0.309. The van der Waals surface area contributed by atoms with Crippen LogP contribution in [0.5, 0.6) is 0 Å². The zero-order valence-electron chi connectivity index (χ0n) is 12.5. The second-order valence-corrected chi connectivity index (χ2v) is 6.40. The first-order chi connectivity index (χ1) is 9.73. The van der Waals surface area contributed by atoms with Crippen molar-refractivity contribution in [3.05, 3.63) is 0 Å². The zero-order valence-corrected chi connectivity index (χ0v) is 14.2. The summed E-state index contributed by atoms with van der Waals surface area (Å²) in [6.07, 6.45) is 0.500. The molecule has 0 rings (SSSR count). The molecule has 8 heteroatoms. The highest BCUT2D eigenvalue weighted by molar-refractivity contribution is 7.82. The summed E-state index contributed by atoms with van der Waals surface area (Å²) < 4.78 is 0. The number of nitrogens with one attached hydrogen (secondary N) is 2. The Kier molecular flexibility index (Phi) is 10.9. The molecule has 0 heterocycles. The van der Waals surface area contributed by atoms with Gasteiger partial charge in [0.25, 0.3) is 0 Å². The van der Waals surface area contributed by atoms with Crippen LogP contribution in [-0.2, 0) is 9.59 Å². The van der Waals surface area contributed by atoms with Gasteiger partial charge in [0.05, 0.1) is 22.7 Å². The second-order valence-electron chi connectivity index (χ2n) is 5.15. The Hall–Kier alpha value is -0.440. The van der Waals surface area contributed by atoms with Crippen molar-refractivity contribution in [1.29, 1.82) is 0 Å². The Morgan fingerprint density at radius 3 is 1.52 bits per heavy atom. The standard InChI is InChI=1S/C13H26N2O4S2/c1-8(16)6-14-12(18)10(20)4-3-5-11(21)13(19)15-7-9(2)17/h8-11,16-17,20-21H,3-7H2,1-2H3,(H,14,18)(H,15,19). The maximum atomic E-state index is 11.6. The van der Waals surface area contributed by atoms with Crippen LogP contribution in [0.15, 0.2) is 0 Å². The third-order valence-electron chi connectivity index (χ3n) is 2.70. The summed E-state index contributed by atoms with van der Waals surface area (Å²) in [6, 6.07) is 0. The summed E-state index contributed by atoms with van der Waals surface area (Å²) >= 11 is 8.40. The zero-order chi connectivity index (χ0) is 16.4. The number of thiol groups is 2. The molecular formula is C13H26N2O4S2. The lowest BCUT2D eigenvalue weighted by atomic mass is 10.1. The molecule has 0 aromatic heterocycles. The Balaban J connectivity index is 3.86. The van der Waals surface area contributed by atoms with Gasteiger partial charge in [-0.3, -0.25) is 9.59 Å². The minimum absolute atomic E-state index is 0.201. The summed E-state index contributed by atoms with van der Waals surface area (Å²) in [5.41, 5.74) is 0. The minimum atomic E-state index is -0.589. The van der Waals surface area contributed by atoms with Crippen LogP contribution in [0.4, 0.5) is 0 Å². The highest BCUT2D eigenvalue weighted by Gasteiger charge is 2.17. The van der Waals surface area contributed by atoms with Gasteiger partial charge in [0.15, 0.2) is 0 Å². The van der Waals surface area contributed by atoms with Crippen molar-refractivity contribution in [2.45, 2.75) is 55.8 Å². The molecular weight excluding hydrogens is 312 g/mol. The first-order valence-corrected chi connectivity index (χ1v) is 8.05. The highest BCUT2D eigenvalue weighted by Crippen LogP contribution is 2.12. The van der Waals surface area contributed by atoms with Crippen LogP contribution < -0.4 is 10.6 Å². The van der Waals surface area contributed by atoms with Crippen LogP contribution in [-0.4, -0.2) is 57.8 Å². The van der Waals surface area contributed by atoms with E-state index in [-0.39, 0.29) is 24.9 Å². The predicted octanol–water partition coefficient (Wildman–Crippen LogP) is -0.253. The van der Waals surface area contributed by atoms with E-state index in [9.17, 15) is 9.59 Å². The van der Waals surface area contributed by atoms with Crippen LogP contribution in [0, 0.1) is 0 Å². The number of carbonyl (C=O) groups excluding carboxylic acids is 2. The molecule has 0 spiro atoms. The molecule has 0 saturated carbocycles. The van der Waals surface area contributed by atoms with Crippen LogP contribution in [0.2, 0.25) is 0 Å². The molecule has 0 bridgehead atoms. The molecule has 0 aliphatic heterocycles. The molecule has 0 fully saturated rings. The second kappa shape index (κ2) is 11.2. The number of rotatable bonds is 10. The van der Waals surface area contributed by atoms with E-state index in [2.05, 4.69) is 35.9 Å².